The number of hydrogen-bond donors (Lipinski definition) is 2. The van der Waals surface area contributed by atoms with Crippen molar-refractivity contribution in [3.63, 3.8) is 0 Å². The smallest absolute Gasteiger partial charge is 0.251 e. The predicted molar refractivity (Wildman–Crippen MR) is 81.7 cm³/mol. The van der Waals surface area contributed by atoms with E-state index in [1.54, 1.807) is 18.2 Å². The molecule has 104 valence electrons. The fourth-order valence-corrected chi connectivity index (χ4v) is 2.74. The largest absolute Gasteiger partial charge is 0.351 e. The molecule has 3 nitrogen and oxygen atoms in total. The molecule has 19 heavy (non-hydrogen) atoms. The molecule has 5 heteroatoms. The molecule has 1 aliphatic rings. The van der Waals surface area contributed by atoms with Gasteiger partial charge in [0.25, 0.3) is 5.91 Å². The number of hydrogen-bond acceptors (Lipinski definition) is 2. The molecule has 1 amide bonds. The van der Waals surface area contributed by atoms with Crippen LogP contribution in [-0.2, 0) is 0 Å². The molecular weight excluding hydrogens is 328 g/mol. The Kier molecular flexibility index (Phi) is 4.87. The maximum Gasteiger partial charge on any atom is 0.251 e. The Morgan fingerprint density at radius 1 is 1.47 bits per heavy atom. The van der Waals surface area contributed by atoms with E-state index in [2.05, 4.69) is 33.5 Å². The van der Waals surface area contributed by atoms with E-state index in [-0.39, 0.29) is 11.3 Å². The predicted octanol–water partition coefficient (Wildman–Crippen LogP) is 3.22. The molecule has 2 rings (SSSR count). The number of carbonyl (C=O) groups excluding carboxylic acids is 1. The molecule has 0 bridgehead atoms. The molecule has 1 saturated heterocycles. The van der Waals surface area contributed by atoms with Gasteiger partial charge in [-0.3, -0.25) is 4.79 Å². The molecule has 1 aliphatic heterocycles. The molecule has 1 heterocycles. The lowest BCUT2D eigenvalue weighted by atomic mass is 9.81. The van der Waals surface area contributed by atoms with E-state index >= 15 is 0 Å². The third kappa shape index (κ3) is 3.94. The van der Waals surface area contributed by atoms with Crippen LogP contribution in [0.3, 0.4) is 0 Å². The van der Waals surface area contributed by atoms with Crippen LogP contribution in [0.1, 0.15) is 30.1 Å². The van der Waals surface area contributed by atoms with E-state index in [4.69, 9.17) is 11.6 Å². The van der Waals surface area contributed by atoms with Crippen molar-refractivity contribution < 1.29 is 4.79 Å². The van der Waals surface area contributed by atoms with Crippen LogP contribution in [-0.4, -0.2) is 25.5 Å². The number of benzene rings is 1. The van der Waals surface area contributed by atoms with Gasteiger partial charge in [-0.1, -0.05) is 18.5 Å². The Morgan fingerprint density at radius 3 is 2.79 bits per heavy atom. The summed E-state index contributed by atoms with van der Waals surface area (Å²) in [5.74, 6) is -0.0443. The maximum atomic E-state index is 12.1. The van der Waals surface area contributed by atoms with E-state index < -0.39 is 0 Å². The van der Waals surface area contributed by atoms with Gasteiger partial charge in [0.05, 0.1) is 5.02 Å². The molecule has 0 radical (unpaired) electrons. The van der Waals surface area contributed by atoms with Crippen molar-refractivity contribution in [1.29, 1.82) is 0 Å². The summed E-state index contributed by atoms with van der Waals surface area (Å²) in [6, 6.07) is 5.22. The first-order valence-corrected chi connectivity index (χ1v) is 7.61. The molecule has 0 aromatic heterocycles. The van der Waals surface area contributed by atoms with Gasteiger partial charge in [-0.25, -0.2) is 0 Å². The summed E-state index contributed by atoms with van der Waals surface area (Å²) >= 11 is 9.25. The minimum absolute atomic E-state index is 0.0443. The van der Waals surface area contributed by atoms with Gasteiger partial charge < -0.3 is 10.6 Å². The van der Waals surface area contributed by atoms with E-state index in [0.29, 0.717) is 17.1 Å². The number of rotatable bonds is 3. The van der Waals surface area contributed by atoms with Crippen molar-refractivity contribution in [2.24, 2.45) is 5.41 Å². The molecule has 1 fully saturated rings. The lowest BCUT2D eigenvalue weighted by molar-refractivity contribution is 0.0922. The Morgan fingerprint density at radius 2 is 2.16 bits per heavy atom. The normalized spacial score (nSPS) is 18.1. The van der Waals surface area contributed by atoms with Crippen LogP contribution in [0.15, 0.2) is 22.7 Å². The zero-order valence-corrected chi connectivity index (χ0v) is 13.3. The number of amides is 1. The minimum Gasteiger partial charge on any atom is -0.351 e. The lowest BCUT2D eigenvalue weighted by Crippen LogP contribution is -2.42. The SMILES string of the molecule is CC1(CNC(=O)c2ccc(Cl)c(Br)c2)CCNCC1. The topological polar surface area (TPSA) is 41.1 Å². The first-order chi connectivity index (χ1) is 9.00. The molecule has 0 spiro atoms. The summed E-state index contributed by atoms with van der Waals surface area (Å²) < 4.78 is 0.745. The molecule has 1 aromatic rings. The minimum atomic E-state index is -0.0443. The highest BCUT2D eigenvalue weighted by molar-refractivity contribution is 9.10. The third-order valence-corrected chi connectivity index (χ3v) is 4.88. The van der Waals surface area contributed by atoms with E-state index in [9.17, 15) is 4.79 Å². The molecule has 0 unspecified atom stereocenters. The molecule has 0 saturated carbocycles. The summed E-state index contributed by atoms with van der Waals surface area (Å²) in [6.07, 6.45) is 2.19. The van der Waals surface area contributed by atoms with Gasteiger partial charge in [-0.05, 0) is 65.5 Å². The number of piperidine rings is 1. The standard InChI is InChI=1S/C14H18BrClN2O/c1-14(4-6-17-7-5-14)9-18-13(19)10-2-3-12(16)11(15)8-10/h2-3,8,17H,4-7,9H2,1H3,(H,18,19). The average molecular weight is 346 g/mol. The van der Waals surface area contributed by atoms with Gasteiger partial charge in [-0.2, -0.15) is 0 Å². The zero-order chi connectivity index (χ0) is 13.9. The van der Waals surface area contributed by atoms with Crippen LogP contribution < -0.4 is 10.6 Å². The summed E-state index contributed by atoms with van der Waals surface area (Å²) in [5.41, 5.74) is 0.832. The van der Waals surface area contributed by atoms with Crippen molar-refractivity contribution in [1.82, 2.24) is 10.6 Å². The fourth-order valence-electron chi connectivity index (χ4n) is 2.24. The maximum absolute atomic E-state index is 12.1. The van der Waals surface area contributed by atoms with Crippen molar-refractivity contribution in [2.45, 2.75) is 19.8 Å². The molecule has 0 atom stereocenters. The molecule has 0 aliphatic carbocycles. The summed E-state index contributed by atoms with van der Waals surface area (Å²) in [7, 11) is 0. The Hall–Kier alpha value is -0.580. The van der Waals surface area contributed by atoms with Crippen LogP contribution >= 0.6 is 27.5 Å². The monoisotopic (exact) mass is 344 g/mol. The highest BCUT2D eigenvalue weighted by Gasteiger charge is 2.27. The quantitative estimate of drug-likeness (QED) is 0.883. The fraction of sp³-hybridized carbons (Fsp3) is 0.500. The Balaban J connectivity index is 1.95. The molecular formula is C14H18BrClN2O. The van der Waals surface area contributed by atoms with Gasteiger partial charge in [0.2, 0.25) is 0 Å². The summed E-state index contributed by atoms with van der Waals surface area (Å²) in [4.78, 5) is 12.1. The summed E-state index contributed by atoms with van der Waals surface area (Å²) in [6.45, 7) is 5.00. The zero-order valence-electron chi connectivity index (χ0n) is 10.9. The van der Waals surface area contributed by atoms with Crippen molar-refractivity contribution >= 4 is 33.4 Å². The van der Waals surface area contributed by atoms with E-state index in [1.807, 2.05) is 0 Å². The summed E-state index contributed by atoms with van der Waals surface area (Å²) in [5, 5.41) is 6.98. The van der Waals surface area contributed by atoms with Crippen molar-refractivity contribution in [3.8, 4) is 0 Å². The lowest BCUT2D eigenvalue weighted by Gasteiger charge is -2.34. The number of carbonyl (C=O) groups is 1. The molecule has 1 aromatic carbocycles. The van der Waals surface area contributed by atoms with Crippen LogP contribution in [0.2, 0.25) is 5.02 Å². The molecule has 2 N–H and O–H groups in total. The van der Waals surface area contributed by atoms with Crippen LogP contribution in [0.25, 0.3) is 0 Å². The van der Waals surface area contributed by atoms with Crippen molar-refractivity contribution in [3.05, 3.63) is 33.3 Å². The van der Waals surface area contributed by atoms with E-state index in [1.165, 1.54) is 0 Å². The van der Waals surface area contributed by atoms with Crippen LogP contribution in [0.4, 0.5) is 0 Å². The van der Waals surface area contributed by atoms with E-state index in [0.717, 1.165) is 30.4 Å². The van der Waals surface area contributed by atoms with Gasteiger partial charge in [0.15, 0.2) is 0 Å². The number of nitrogens with one attached hydrogen (secondary N) is 2. The average Bonchev–Trinajstić information content (AvgIpc) is 2.40. The van der Waals surface area contributed by atoms with Gasteiger partial charge in [-0.15, -0.1) is 0 Å². The second kappa shape index (κ2) is 6.25. The van der Waals surface area contributed by atoms with Gasteiger partial charge in [0.1, 0.15) is 0 Å². The van der Waals surface area contributed by atoms with Crippen LogP contribution in [0, 0.1) is 5.41 Å². The van der Waals surface area contributed by atoms with Crippen molar-refractivity contribution in [2.75, 3.05) is 19.6 Å². The third-order valence-electron chi connectivity index (χ3n) is 3.67. The first-order valence-electron chi connectivity index (χ1n) is 6.44. The Bertz CT molecular complexity index is 473. The van der Waals surface area contributed by atoms with Crippen LogP contribution in [0.5, 0.6) is 0 Å². The van der Waals surface area contributed by atoms with Gasteiger partial charge >= 0.3 is 0 Å². The second-order valence-electron chi connectivity index (χ2n) is 5.37. The Labute approximate surface area is 127 Å². The highest BCUT2D eigenvalue weighted by Crippen LogP contribution is 2.27. The first kappa shape index (κ1) is 14.8. The second-order valence-corrected chi connectivity index (χ2v) is 6.63. The van der Waals surface area contributed by atoms with Gasteiger partial charge in [0, 0.05) is 16.6 Å². The highest BCUT2D eigenvalue weighted by atomic mass is 79.9. The number of halogens is 2.